The van der Waals surface area contributed by atoms with Gasteiger partial charge >= 0.3 is 0 Å². The van der Waals surface area contributed by atoms with Crippen molar-refractivity contribution in [1.82, 2.24) is 9.96 Å². The lowest BCUT2D eigenvalue weighted by atomic mass is 9.72. The molecule has 192 valence electrons. The van der Waals surface area contributed by atoms with E-state index in [1.54, 1.807) is 6.08 Å². The molecule has 0 N–H and O–H groups in total. The molecule has 2 aliphatic heterocycles. The van der Waals surface area contributed by atoms with Gasteiger partial charge in [-0.3, -0.25) is 14.4 Å². The number of piperidine rings is 1. The normalized spacial score (nSPS) is 27.2. The Bertz CT molecular complexity index is 742. The Morgan fingerprint density at radius 1 is 0.912 bits per heavy atom. The molecule has 0 atom stereocenters. The van der Waals surface area contributed by atoms with Crippen LogP contribution in [-0.2, 0) is 19.2 Å². The molecule has 3 rings (SSSR count). The summed E-state index contributed by atoms with van der Waals surface area (Å²) in [5, 5.41) is 2.00. The second kappa shape index (κ2) is 10.6. The van der Waals surface area contributed by atoms with Gasteiger partial charge in [0.15, 0.2) is 11.3 Å². The van der Waals surface area contributed by atoms with Gasteiger partial charge in [-0.05, 0) is 59.5 Å². The van der Waals surface area contributed by atoms with Crippen molar-refractivity contribution in [2.45, 2.75) is 134 Å². The van der Waals surface area contributed by atoms with Crippen LogP contribution in [0.5, 0.6) is 0 Å². The second-order valence-corrected chi connectivity index (χ2v) is 11.8. The van der Waals surface area contributed by atoms with E-state index in [1.165, 1.54) is 43.1 Å². The van der Waals surface area contributed by atoms with Crippen LogP contribution in [0.2, 0.25) is 0 Å². The van der Waals surface area contributed by atoms with Crippen LogP contribution in [0.25, 0.3) is 0 Å². The first-order chi connectivity index (χ1) is 16.0. The second-order valence-electron chi connectivity index (χ2n) is 11.8. The summed E-state index contributed by atoms with van der Waals surface area (Å²) in [6, 6.07) is 0. The molecule has 0 aromatic heterocycles. The van der Waals surface area contributed by atoms with E-state index in [9.17, 15) is 9.59 Å². The van der Waals surface area contributed by atoms with Gasteiger partial charge in [-0.2, -0.15) is 5.06 Å². The summed E-state index contributed by atoms with van der Waals surface area (Å²) in [7, 11) is 0. The van der Waals surface area contributed by atoms with E-state index < -0.39 is 22.4 Å². The molecule has 2 spiro atoms. The Morgan fingerprint density at radius 2 is 1.38 bits per heavy atom. The first-order valence-corrected chi connectivity index (χ1v) is 13.3. The fourth-order valence-electron chi connectivity index (χ4n) is 6.85. The third-order valence-electron chi connectivity index (χ3n) is 7.77. The van der Waals surface area contributed by atoms with Crippen LogP contribution in [0.15, 0.2) is 25.3 Å². The number of imide groups is 1. The van der Waals surface area contributed by atoms with E-state index in [0.717, 1.165) is 25.7 Å². The number of nitrogens with zero attached hydrogens (tertiary/aromatic N) is 2. The Morgan fingerprint density at radius 3 is 1.82 bits per heavy atom. The van der Waals surface area contributed by atoms with Gasteiger partial charge in [-0.25, -0.2) is 4.90 Å². The van der Waals surface area contributed by atoms with Crippen molar-refractivity contribution in [3.8, 4) is 0 Å². The summed E-state index contributed by atoms with van der Waals surface area (Å²) < 4.78 is 7.00. The van der Waals surface area contributed by atoms with Crippen molar-refractivity contribution in [1.29, 1.82) is 0 Å². The predicted molar refractivity (Wildman–Crippen MR) is 135 cm³/mol. The largest absolute Gasteiger partial charge is 0.339 e. The Kier molecular flexibility index (Phi) is 8.47. The Labute approximate surface area is 206 Å². The van der Waals surface area contributed by atoms with Gasteiger partial charge in [0, 0.05) is 23.9 Å². The molecule has 1 aliphatic carbocycles. The number of amides is 2. The van der Waals surface area contributed by atoms with Gasteiger partial charge in [0.25, 0.3) is 11.8 Å². The first-order valence-electron chi connectivity index (χ1n) is 13.3. The summed E-state index contributed by atoms with van der Waals surface area (Å²) in [5.74, 6) is -0.538. The minimum absolute atomic E-state index is 0.200. The minimum Gasteiger partial charge on any atom is -0.339 e. The monoisotopic (exact) mass is 474 g/mol. The topological polar surface area (TPSA) is 59.1 Å². The van der Waals surface area contributed by atoms with Crippen molar-refractivity contribution in [3.05, 3.63) is 25.3 Å². The average Bonchev–Trinajstić information content (AvgIpc) is 2.96. The third kappa shape index (κ3) is 5.34. The van der Waals surface area contributed by atoms with E-state index in [1.807, 2.05) is 5.06 Å². The lowest BCUT2D eigenvalue weighted by molar-refractivity contribution is -0.305. The highest BCUT2D eigenvalue weighted by atomic mass is 16.7. The molecule has 6 nitrogen and oxygen atoms in total. The van der Waals surface area contributed by atoms with Gasteiger partial charge in [-0.15, -0.1) is 6.58 Å². The lowest BCUT2D eigenvalue weighted by Crippen LogP contribution is -2.67. The van der Waals surface area contributed by atoms with Gasteiger partial charge in [0.1, 0.15) is 0 Å². The molecule has 2 saturated heterocycles. The number of hydrogen-bond acceptors (Lipinski definition) is 5. The lowest BCUT2D eigenvalue weighted by Gasteiger charge is -2.56. The molecule has 2 heterocycles. The fraction of sp³-hybridized carbons (Fsp3) is 0.786. The van der Waals surface area contributed by atoms with E-state index in [0.29, 0.717) is 32.3 Å². The standard InChI is InChI=1S/C28H46N2O4/c1-7-20-33-30-25(3,4)21-27(22-26(30,5)6)24(32)29(23(31)8-2)28(34-27)18-16-14-12-10-9-11-13-15-17-19-28/h7-8H,1-2,9-22H2,3-6H3. The molecule has 3 fully saturated rings. The maximum atomic E-state index is 14.2. The van der Waals surface area contributed by atoms with Crippen molar-refractivity contribution < 1.29 is 19.2 Å². The van der Waals surface area contributed by atoms with E-state index in [2.05, 4.69) is 40.9 Å². The summed E-state index contributed by atoms with van der Waals surface area (Å²) in [5.41, 5.74) is -2.89. The molecule has 2 amide bonds. The Hall–Kier alpha value is -1.50. The SMILES string of the molecule is C=CCON1C(C)(C)CC2(CC1(C)C)OC1(CCCCCCCCCCC1)N(C(=O)C=C)C2=O. The maximum absolute atomic E-state index is 14.2. The highest BCUT2D eigenvalue weighted by Gasteiger charge is 2.67. The minimum atomic E-state index is -1.06. The predicted octanol–water partition coefficient (Wildman–Crippen LogP) is 6.07. The number of ether oxygens (including phenoxy) is 1. The zero-order valence-electron chi connectivity index (χ0n) is 22.0. The van der Waals surface area contributed by atoms with Gasteiger partial charge < -0.3 is 4.74 Å². The van der Waals surface area contributed by atoms with Gasteiger partial charge in [0.2, 0.25) is 0 Å². The van der Waals surface area contributed by atoms with Crippen LogP contribution < -0.4 is 0 Å². The number of rotatable bonds is 4. The van der Waals surface area contributed by atoms with Crippen molar-refractivity contribution in [2.24, 2.45) is 0 Å². The number of carbonyl (C=O) groups excluding carboxylic acids is 2. The molecule has 6 heteroatoms. The van der Waals surface area contributed by atoms with Crippen molar-refractivity contribution in [3.63, 3.8) is 0 Å². The molecule has 0 aromatic rings. The highest BCUT2D eigenvalue weighted by Crippen LogP contribution is 2.53. The average molecular weight is 475 g/mol. The van der Waals surface area contributed by atoms with Crippen molar-refractivity contribution in [2.75, 3.05) is 6.61 Å². The van der Waals surface area contributed by atoms with Crippen LogP contribution in [0.1, 0.15) is 111 Å². The van der Waals surface area contributed by atoms with E-state index in [-0.39, 0.29) is 11.8 Å². The van der Waals surface area contributed by atoms with Crippen LogP contribution in [0.3, 0.4) is 0 Å². The molecule has 34 heavy (non-hydrogen) atoms. The zero-order valence-corrected chi connectivity index (χ0v) is 22.0. The van der Waals surface area contributed by atoms with Crippen molar-refractivity contribution >= 4 is 11.8 Å². The van der Waals surface area contributed by atoms with E-state index in [4.69, 9.17) is 9.57 Å². The summed E-state index contributed by atoms with van der Waals surface area (Å²) in [4.78, 5) is 34.9. The molecule has 0 radical (unpaired) electrons. The van der Waals surface area contributed by atoms with Crippen LogP contribution >= 0.6 is 0 Å². The summed E-state index contributed by atoms with van der Waals surface area (Å²) in [6.45, 7) is 16.2. The fourth-order valence-corrected chi connectivity index (χ4v) is 6.85. The number of hydrogen-bond donors (Lipinski definition) is 0. The van der Waals surface area contributed by atoms with Crippen LogP contribution in [0.4, 0.5) is 0 Å². The van der Waals surface area contributed by atoms with Gasteiger partial charge in [0.05, 0.1) is 6.61 Å². The smallest absolute Gasteiger partial charge is 0.264 e. The zero-order chi connectivity index (χ0) is 25.0. The first kappa shape index (κ1) is 27.1. The van der Waals surface area contributed by atoms with Crippen LogP contribution in [0, 0.1) is 0 Å². The Balaban J connectivity index is 1.99. The molecule has 0 bridgehead atoms. The van der Waals surface area contributed by atoms with Gasteiger partial charge in [-0.1, -0.05) is 57.6 Å². The number of hydroxylamine groups is 2. The molecule has 3 aliphatic rings. The molecule has 0 aromatic carbocycles. The molecule has 1 saturated carbocycles. The quantitative estimate of drug-likeness (QED) is 0.366. The van der Waals surface area contributed by atoms with E-state index >= 15 is 0 Å². The number of carbonyl (C=O) groups is 2. The summed E-state index contributed by atoms with van der Waals surface area (Å²) >= 11 is 0. The third-order valence-corrected chi connectivity index (χ3v) is 7.77. The summed E-state index contributed by atoms with van der Waals surface area (Å²) in [6.07, 6.45) is 15.6. The molecule has 0 unspecified atom stereocenters. The highest BCUT2D eigenvalue weighted by molar-refractivity contribution is 6.06. The maximum Gasteiger partial charge on any atom is 0.264 e. The van der Waals surface area contributed by atoms with Crippen LogP contribution in [-0.4, -0.2) is 50.8 Å². The molecular formula is C28H46N2O4. The molecular weight excluding hydrogens is 428 g/mol.